The van der Waals surface area contributed by atoms with E-state index in [0.717, 1.165) is 18.6 Å². The van der Waals surface area contributed by atoms with Crippen LogP contribution in [0.25, 0.3) is 0 Å². The number of benzene rings is 1. The molecular weight excluding hydrogens is 202 g/mol. The molecule has 1 saturated carbocycles. The summed E-state index contributed by atoms with van der Waals surface area (Å²) in [6.45, 7) is 4.21. The highest BCUT2D eigenvalue weighted by atomic mass is 16.5. The van der Waals surface area contributed by atoms with Crippen LogP contribution in [0.2, 0.25) is 0 Å². The predicted octanol–water partition coefficient (Wildman–Crippen LogP) is 2.21. The summed E-state index contributed by atoms with van der Waals surface area (Å²) in [4.78, 5) is 11.1. The van der Waals surface area contributed by atoms with Gasteiger partial charge in [-0.1, -0.05) is 12.1 Å². The number of hydrogen-bond donors (Lipinski definition) is 1. The molecule has 0 radical (unpaired) electrons. The van der Waals surface area contributed by atoms with E-state index in [1.807, 2.05) is 31.2 Å². The van der Waals surface area contributed by atoms with Crippen LogP contribution in [0.3, 0.4) is 0 Å². The second-order valence-electron chi connectivity index (χ2n) is 4.22. The zero-order valence-electron chi connectivity index (χ0n) is 9.75. The van der Waals surface area contributed by atoms with Crippen LogP contribution in [0.1, 0.15) is 32.3 Å². The fourth-order valence-corrected chi connectivity index (χ4v) is 1.98. The Balaban J connectivity index is 2.12. The molecular formula is C13H17NO2. The summed E-state index contributed by atoms with van der Waals surface area (Å²) in [5, 5.41) is 3.02. The van der Waals surface area contributed by atoms with Crippen LogP contribution < -0.4 is 10.1 Å². The molecule has 1 aliphatic rings. The van der Waals surface area contributed by atoms with Crippen molar-refractivity contribution in [1.82, 2.24) is 5.32 Å². The molecule has 1 aromatic rings. The Labute approximate surface area is 95.8 Å². The van der Waals surface area contributed by atoms with Crippen molar-refractivity contribution in [3.8, 4) is 5.75 Å². The smallest absolute Gasteiger partial charge is 0.217 e. The molecule has 3 nitrogen and oxygen atoms in total. The van der Waals surface area contributed by atoms with Crippen LogP contribution in [-0.2, 0) is 10.3 Å². The minimum atomic E-state index is -0.101. The minimum Gasteiger partial charge on any atom is -0.494 e. The van der Waals surface area contributed by atoms with Crippen molar-refractivity contribution in [2.45, 2.75) is 32.2 Å². The van der Waals surface area contributed by atoms with Crippen molar-refractivity contribution >= 4 is 5.91 Å². The second kappa shape index (κ2) is 4.16. The maximum Gasteiger partial charge on any atom is 0.217 e. The lowest BCUT2D eigenvalue weighted by molar-refractivity contribution is -0.120. The van der Waals surface area contributed by atoms with Crippen molar-refractivity contribution in [2.24, 2.45) is 0 Å². The molecule has 3 heteroatoms. The van der Waals surface area contributed by atoms with Gasteiger partial charge in [0.25, 0.3) is 0 Å². The average molecular weight is 219 g/mol. The van der Waals surface area contributed by atoms with Gasteiger partial charge in [0, 0.05) is 6.92 Å². The summed E-state index contributed by atoms with van der Waals surface area (Å²) in [5.74, 6) is 0.913. The molecule has 0 aliphatic heterocycles. The number of carbonyl (C=O) groups excluding carboxylic acids is 1. The number of ether oxygens (including phenoxy) is 1. The molecule has 1 amide bonds. The van der Waals surface area contributed by atoms with Gasteiger partial charge in [0.05, 0.1) is 12.1 Å². The molecule has 0 heterocycles. The van der Waals surface area contributed by atoms with Crippen molar-refractivity contribution in [3.63, 3.8) is 0 Å². The summed E-state index contributed by atoms with van der Waals surface area (Å²) in [7, 11) is 0. The number of nitrogens with one attached hydrogen (secondary N) is 1. The van der Waals surface area contributed by atoms with Crippen molar-refractivity contribution in [1.29, 1.82) is 0 Å². The Bertz CT molecular complexity index is 379. The third-order valence-electron chi connectivity index (χ3n) is 2.88. The Morgan fingerprint density at radius 2 is 2.00 bits per heavy atom. The van der Waals surface area contributed by atoms with Crippen LogP contribution in [0.15, 0.2) is 24.3 Å². The van der Waals surface area contributed by atoms with Gasteiger partial charge in [0.2, 0.25) is 5.91 Å². The Morgan fingerprint density at radius 3 is 2.44 bits per heavy atom. The van der Waals surface area contributed by atoms with Crippen LogP contribution in [0.5, 0.6) is 5.75 Å². The fourth-order valence-electron chi connectivity index (χ4n) is 1.98. The monoisotopic (exact) mass is 219 g/mol. The number of carbonyl (C=O) groups is 1. The first-order valence-electron chi connectivity index (χ1n) is 5.68. The summed E-state index contributed by atoms with van der Waals surface area (Å²) in [6.07, 6.45) is 2.06. The van der Waals surface area contributed by atoms with Gasteiger partial charge in [-0.3, -0.25) is 4.79 Å². The summed E-state index contributed by atoms with van der Waals surface area (Å²) < 4.78 is 5.39. The first-order chi connectivity index (χ1) is 7.66. The summed E-state index contributed by atoms with van der Waals surface area (Å²) in [5.41, 5.74) is 1.07. The van der Waals surface area contributed by atoms with E-state index in [4.69, 9.17) is 4.74 Å². The molecule has 1 fully saturated rings. The largest absolute Gasteiger partial charge is 0.494 e. The summed E-state index contributed by atoms with van der Waals surface area (Å²) >= 11 is 0. The molecule has 0 atom stereocenters. The molecule has 1 aliphatic carbocycles. The lowest BCUT2D eigenvalue weighted by Gasteiger charge is -2.17. The highest BCUT2D eigenvalue weighted by Gasteiger charge is 2.44. The van der Waals surface area contributed by atoms with E-state index in [-0.39, 0.29) is 11.4 Å². The van der Waals surface area contributed by atoms with Crippen LogP contribution >= 0.6 is 0 Å². The van der Waals surface area contributed by atoms with E-state index in [1.165, 1.54) is 5.56 Å². The number of amides is 1. The first-order valence-corrected chi connectivity index (χ1v) is 5.68. The Kier molecular flexibility index (Phi) is 2.86. The molecule has 0 bridgehead atoms. The SMILES string of the molecule is CCOc1ccc(C2(NC(C)=O)CC2)cc1. The predicted molar refractivity (Wildman–Crippen MR) is 62.3 cm³/mol. The van der Waals surface area contributed by atoms with Crippen molar-refractivity contribution in [3.05, 3.63) is 29.8 Å². The molecule has 0 aromatic heterocycles. The van der Waals surface area contributed by atoms with Gasteiger partial charge >= 0.3 is 0 Å². The number of hydrogen-bond acceptors (Lipinski definition) is 2. The van der Waals surface area contributed by atoms with Crippen LogP contribution in [0.4, 0.5) is 0 Å². The van der Waals surface area contributed by atoms with Crippen LogP contribution in [-0.4, -0.2) is 12.5 Å². The van der Waals surface area contributed by atoms with E-state index in [1.54, 1.807) is 6.92 Å². The molecule has 0 spiro atoms. The lowest BCUT2D eigenvalue weighted by Crippen LogP contribution is -2.32. The van der Waals surface area contributed by atoms with Gasteiger partial charge in [0.1, 0.15) is 5.75 Å². The minimum absolute atomic E-state index is 0.0337. The van der Waals surface area contributed by atoms with E-state index < -0.39 is 0 Å². The van der Waals surface area contributed by atoms with Crippen LogP contribution in [0, 0.1) is 0 Å². The quantitative estimate of drug-likeness (QED) is 0.843. The molecule has 0 saturated heterocycles. The maximum atomic E-state index is 11.1. The van der Waals surface area contributed by atoms with E-state index in [0.29, 0.717) is 6.61 Å². The lowest BCUT2D eigenvalue weighted by atomic mass is 10.0. The number of rotatable bonds is 4. The standard InChI is InChI=1S/C13H17NO2/c1-3-16-12-6-4-11(5-7-12)13(8-9-13)14-10(2)15/h4-7H,3,8-9H2,1-2H3,(H,14,15). The Morgan fingerprint density at radius 1 is 1.38 bits per heavy atom. The second-order valence-corrected chi connectivity index (χ2v) is 4.22. The average Bonchev–Trinajstić information content (AvgIpc) is 2.99. The van der Waals surface area contributed by atoms with Gasteiger partial charge in [-0.2, -0.15) is 0 Å². The molecule has 2 rings (SSSR count). The van der Waals surface area contributed by atoms with E-state index in [9.17, 15) is 4.79 Å². The van der Waals surface area contributed by atoms with E-state index >= 15 is 0 Å². The van der Waals surface area contributed by atoms with Gasteiger partial charge < -0.3 is 10.1 Å². The molecule has 16 heavy (non-hydrogen) atoms. The molecule has 1 N–H and O–H groups in total. The van der Waals surface area contributed by atoms with Gasteiger partial charge in [-0.05, 0) is 37.5 Å². The third-order valence-corrected chi connectivity index (χ3v) is 2.88. The van der Waals surface area contributed by atoms with Crippen molar-refractivity contribution in [2.75, 3.05) is 6.61 Å². The topological polar surface area (TPSA) is 38.3 Å². The maximum absolute atomic E-state index is 11.1. The summed E-state index contributed by atoms with van der Waals surface area (Å²) in [6, 6.07) is 7.99. The van der Waals surface area contributed by atoms with E-state index in [2.05, 4.69) is 5.32 Å². The normalized spacial score (nSPS) is 16.6. The van der Waals surface area contributed by atoms with Gasteiger partial charge in [-0.15, -0.1) is 0 Å². The first kappa shape index (κ1) is 11.0. The Hall–Kier alpha value is -1.51. The molecule has 0 unspecified atom stereocenters. The van der Waals surface area contributed by atoms with Crippen molar-refractivity contribution < 1.29 is 9.53 Å². The molecule has 86 valence electrons. The highest BCUT2D eigenvalue weighted by molar-refractivity contribution is 5.74. The fraction of sp³-hybridized carbons (Fsp3) is 0.462. The van der Waals surface area contributed by atoms with Gasteiger partial charge in [0.15, 0.2) is 0 Å². The van der Waals surface area contributed by atoms with Gasteiger partial charge in [-0.25, -0.2) is 0 Å². The zero-order chi connectivity index (χ0) is 11.6. The third kappa shape index (κ3) is 2.18. The molecule has 1 aromatic carbocycles. The highest BCUT2D eigenvalue weighted by Crippen LogP contribution is 2.45. The zero-order valence-corrected chi connectivity index (χ0v) is 9.75.